The monoisotopic (exact) mass is 428 g/mol. The third-order valence-corrected chi connectivity index (χ3v) is 5.75. The summed E-state index contributed by atoms with van der Waals surface area (Å²) in [6.07, 6.45) is 0.494. The van der Waals surface area contributed by atoms with E-state index in [9.17, 15) is 19.8 Å². The van der Waals surface area contributed by atoms with E-state index in [1.807, 2.05) is 6.92 Å². The first-order valence-electron chi connectivity index (χ1n) is 10.3. The zero-order chi connectivity index (χ0) is 22.6. The molecule has 0 saturated carbocycles. The van der Waals surface area contributed by atoms with Gasteiger partial charge in [0.2, 0.25) is 5.78 Å². The summed E-state index contributed by atoms with van der Waals surface area (Å²) in [6.45, 7) is 1.58. The summed E-state index contributed by atoms with van der Waals surface area (Å²) in [5.41, 5.74) is 5.62. The highest BCUT2D eigenvalue weighted by Crippen LogP contribution is 2.32. The number of nitrogens with one attached hydrogen (secondary N) is 1. The Labute approximate surface area is 181 Å². The first-order valence-corrected chi connectivity index (χ1v) is 10.3. The standard InChI is InChI=1S/C22H28N4O5/c1-14(6-5-9-23)10-16-12-26(19-11-17(28)18(13-27)31-19)21(30)25-22(16,24)20(29)15-7-3-2-4-8-15/h2-4,7-8,12,14,17-19,27-28H,5-6,10-11,13,24H2,1H3,(H,25,30)/t14?,17-,18+,19+,22?/m0/s1. The summed E-state index contributed by atoms with van der Waals surface area (Å²) in [7, 11) is 0. The molecule has 3 rings (SSSR count). The fraction of sp³-hybridized carbons (Fsp3) is 0.500. The van der Waals surface area contributed by atoms with Crippen LogP contribution in [0, 0.1) is 17.2 Å². The van der Waals surface area contributed by atoms with Gasteiger partial charge in [0.25, 0.3) is 0 Å². The molecule has 0 radical (unpaired) electrons. The van der Waals surface area contributed by atoms with Gasteiger partial charge in [0.15, 0.2) is 5.66 Å². The normalized spacial score (nSPS) is 29.1. The van der Waals surface area contributed by atoms with Crippen LogP contribution < -0.4 is 11.1 Å². The molecule has 166 valence electrons. The molecule has 0 spiro atoms. The number of hydrogen-bond donors (Lipinski definition) is 4. The van der Waals surface area contributed by atoms with Crippen LogP contribution in [0.15, 0.2) is 42.1 Å². The number of rotatable bonds is 8. The van der Waals surface area contributed by atoms with Crippen molar-refractivity contribution in [2.45, 2.75) is 56.7 Å². The van der Waals surface area contributed by atoms with Gasteiger partial charge >= 0.3 is 6.03 Å². The lowest BCUT2D eigenvalue weighted by Gasteiger charge is -2.41. The largest absolute Gasteiger partial charge is 0.394 e. The van der Waals surface area contributed by atoms with Crippen molar-refractivity contribution < 1.29 is 24.5 Å². The van der Waals surface area contributed by atoms with E-state index in [-0.39, 0.29) is 18.9 Å². The van der Waals surface area contributed by atoms with Crippen LogP contribution in [0.1, 0.15) is 43.0 Å². The molecular weight excluding hydrogens is 400 g/mol. The summed E-state index contributed by atoms with van der Waals surface area (Å²) in [4.78, 5) is 27.5. The fourth-order valence-corrected chi connectivity index (χ4v) is 3.93. The molecule has 5 N–H and O–H groups in total. The quantitative estimate of drug-likeness (QED) is 0.455. The minimum atomic E-state index is -1.75. The molecule has 31 heavy (non-hydrogen) atoms. The van der Waals surface area contributed by atoms with Gasteiger partial charge in [-0.05, 0) is 24.3 Å². The number of aliphatic hydroxyl groups excluding tert-OH is 2. The van der Waals surface area contributed by atoms with Crippen LogP contribution >= 0.6 is 0 Å². The molecule has 1 aromatic rings. The number of carbonyl (C=O) groups excluding carboxylic acids is 2. The number of benzene rings is 1. The zero-order valence-electron chi connectivity index (χ0n) is 17.4. The summed E-state index contributed by atoms with van der Waals surface area (Å²) in [5, 5.41) is 30.9. The maximum absolute atomic E-state index is 13.3. The predicted octanol–water partition coefficient (Wildman–Crippen LogP) is 1.23. The molecule has 9 heteroatoms. The zero-order valence-corrected chi connectivity index (χ0v) is 17.4. The smallest absolute Gasteiger partial charge is 0.325 e. The minimum absolute atomic E-state index is 0.0366. The van der Waals surface area contributed by atoms with Crippen molar-refractivity contribution in [3.8, 4) is 6.07 Å². The number of urea groups is 1. The number of nitriles is 1. The first kappa shape index (κ1) is 22.9. The number of aliphatic hydroxyl groups is 2. The molecule has 1 saturated heterocycles. The lowest BCUT2D eigenvalue weighted by atomic mass is 9.84. The van der Waals surface area contributed by atoms with E-state index >= 15 is 0 Å². The third kappa shape index (κ3) is 4.78. The molecule has 0 aliphatic carbocycles. The van der Waals surface area contributed by atoms with Crippen LogP contribution in [-0.4, -0.2) is 57.6 Å². The molecule has 9 nitrogen and oxygen atoms in total. The van der Waals surface area contributed by atoms with Crippen molar-refractivity contribution in [3.63, 3.8) is 0 Å². The number of ketones is 1. The van der Waals surface area contributed by atoms with Crippen LogP contribution in [-0.2, 0) is 4.74 Å². The fourth-order valence-electron chi connectivity index (χ4n) is 3.93. The van der Waals surface area contributed by atoms with E-state index in [2.05, 4.69) is 11.4 Å². The van der Waals surface area contributed by atoms with Crippen LogP contribution in [0.2, 0.25) is 0 Å². The molecule has 0 bridgehead atoms. The van der Waals surface area contributed by atoms with E-state index in [4.69, 9.17) is 15.7 Å². The van der Waals surface area contributed by atoms with Gasteiger partial charge in [-0.1, -0.05) is 37.3 Å². The second-order valence-corrected chi connectivity index (χ2v) is 8.12. The average molecular weight is 428 g/mol. The van der Waals surface area contributed by atoms with Crippen molar-refractivity contribution in [3.05, 3.63) is 47.7 Å². The summed E-state index contributed by atoms with van der Waals surface area (Å²) in [5.74, 6) is -0.407. The predicted molar refractivity (Wildman–Crippen MR) is 111 cm³/mol. The van der Waals surface area contributed by atoms with E-state index in [1.165, 1.54) is 11.1 Å². The third-order valence-electron chi connectivity index (χ3n) is 5.75. The van der Waals surface area contributed by atoms with Gasteiger partial charge in [0.1, 0.15) is 12.3 Å². The second-order valence-electron chi connectivity index (χ2n) is 8.12. The lowest BCUT2D eigenvalue weighted by Crippen LogP contribution is -2.68. The molecule has 5 atom stereocenters. The number of nitrogens with two attached hydrogens (primary N) is 1. The SMILES string of the molecule is CC(CCC#N)CC1=CN([C@H]2C[C@H](O)[C@@H](CO)O2)C(=O)NC1(N)C(=O)c1ccccc1. The maximum Gasteiger partial charge on any atom is 0.325 e. The highest BCUT2D eigenvalue weighted by Gasteiger charge is 2.47. The van der Waals surface area contributed by atoms with Gasteiger partial charge < -0.3 is 20.3 Å². The molecule has 2 amide bonds. The minimum Gasteiger partial charge on any atom is -0.394 e. The Balaban J connectivity index is 1.94. The Kier molecular flexibility index (Phi) is 7.08. The van der Waals surface area contributed by atoms with Crippen molar-refractivity contribution in [2.24, 2.45) is 11.7 Å². The molecule has 1 fully saturated rings. The van der Waals surface area contributed by atoms with Crippen LogP contribution in [0.25, 0.3) is 0 Å². The molecular formula is C22H28N4O5. The Morgan fingerprint density at radius 2 is 2.16 bits per heavy atom. The first-order chi connectivity index (χ1) is 14.8. The van der Waals surface area contributed by atoms with E-state index < -0.39 is 35.9 Å². The number of Topliss-reactive ketones (excluding diaryl/α,β-unsaturated/α-hetero) is 1. The van der Waals surface area contributed by atoms with Crippen LogP contribution in [0.3, 0.4) is 0 Å². The van der Waals surface area contributed by atoms with Crippen LogP contribution in [0.4, 0.5) is 4.79 Å². The summed E-state index contributed by atoms with van der Waals surface area (Å²) in [6, 6.07) is 9.97. The van der Waals surface area contributed by atoms with Crippen molar-refractivity contribution in [1.29, 1.82) is 5.26 Å². The summed E-state index contributed by atoms with van der Waals surface area (Å²) < 4.78 is 5.62. The number of ether oxygens (including phenoxy) is 1. The number of carbonyl (C=O) groups is 2. The summed E-state index contributed by atoms with van der Waals surface area (Å²) >= 11 is 0. The Morgan fingerprint density at radius 1 is 1.45 bits per heavy atom. The number of hydrogen-bond acceptors (Lipinski definition) is 7. The Bertz CT molecular complexity index is 884. The Hall–Kier alpha value is -2.77. The molecule has 2 aliphatic heterocycles. The molecule has 2 aliphatic rings. The van der Waals surface area contributed by atoms with Gasteiger partial charge in [-0.15, -0.1) is 0 Å². The average Bonchev–Trinajstić information content (AvgIpc) is 3.14. The topological polar surface area (TPSA) is 149 Å². The van der Waals surface area contributed by atoms with E-state index in [0.29, 0.717) is 30.4 Å². The van der Waals surface area contributed by atoms with Gasteiger partial charge in [-0.2, -0.15) is 5.26 Å². The molecule has 1 aromatic carbocycles. The van der Waals surface area contributed by atoms with E-state index in [1.54, 1.807) is 30.3 Å². The van der Waals surface area contributed by atoms with Crippen molar-refractivity contribution in [2.75, 3.05) is 6.61 Å². The van der Waals surface area contributed by atoms with Crippen LogP contribution in [0.5, 0.6) is 0 Å². The van der Waals surface area contributed by atoms with Crippen molar-refractivity contribution in [1.82, 2.24) is 10.2 Å². The van der Waals surface area contributed by atoms with Gasteiger partial charge in [-0.3, -0.25) is 15.4 Å². The van der Waals surface area contributed by atoms with Gasteiger partial charge in [-0.25, -0.2) is 4.79 Å². The second kappa shape index (κ2) is 9.58. The maximum atomic E-state index is 13.3. The van der Waals surface area contributed by atoms with E-state index in [0.717, 1.165) is 0 Å². The van der Waals surface area contributed by atoms with Crippen molar-refractivity contribution >= 4 is 11.8 Å². The highest BCUT2D eigenvalue weighted by molar-refractivity contribution is 6.07. The number of nitrogens with zero attached hydrogens (tertiary/aromatic N) is 2. The molecule has 2 unspecified atom stereocenters. The molecule has 2 heterocycles. The lowest BCUT2D eigenvalue weighted by molar-refractivity contribution is -0.0551. The number of amides is 2. The highest BCUT2D eigenvalue weighted by atomic mass is 16.5. The molecule has 0 aromatic heterocycles. The Morgan fingerprint density at radius 3 is 2.77 bits per heavy atom. The van der Waals surface area contributed by atoms with Gasteiger partial charge in [0, 0.05) is 24.6 Å². The van der Waals surface area contributed by atoms with Gasteiger partial charge in [0.05, 0.1) is 18.8 Å².